The highest BCUT2D eigenvalue weighted by molar-refractivity contribution is 5.59. The van der Waals surface area contributed by atoms with Crippen LogP contribution in [0.2, 0.25) is 0 Å². The second kappa shape index (κ2) is 5.69. The maximum absolute atomic E-state index is 9.71. The van der Waals surface area contributed by atoms with Crippen LogP contribution < -0.4 is 10.6 Å². The molecule has 0 fully saturated rings. The van der Waals surface area contributed by atoms with E-state index in [4.69, 9.17) is 5.11 Å². The number of para-hydroxylation sites is 1. The zero-order chi connectivity index (χ0) is 13.0. The molecule has 100 valence electrons. The van der Waals surface area contributed by atoms with Crippen LogP contribution in [0.25, 0.3) is 0 Å². The Hall–Kier alpha value is -1.10. The average molecular weight is 250 g/mol. The summed E-state index contributed by atoms with van der Waals surface area (Å²) in [6.07, 6.45) is 2.31. The molecule has 0 saturated heterocycles. The van der Waals surface area contributed by atoms with Crippen LogP contribution in [-0.2, 0) is 13.0 Å². The number of hydrogen-bond acceptors (Lipinski definition) is 4. The van der Waals surface area contributed by atoms with Gasteiger partial charge in [0.15, 0.2) is 0 Å². The highest BCUT2D eigenvalue weighted by Gasteiger charge is 2.18. The van der Waals surface area contributed by atoms with E-state index >= 15 is 0 Å². The molecule has 1 aromatic rings. The number of hydrogen-bond donors (Lipinski definition) is 4. The summed E-state index contributed by atoms with van der Waals surface area (Å²) in [6, 6.07) is 6.33. The largest absolute Gasteiger partial charge is 0.393 e. The monoisotopic (exact) mass is 250 g/mol. The van der Waals surface area contributed by atoms with Crippen molar-refractivity contribution in [1.29, 1.82) is 0 Å². The van der Waals surface area contributed by atoms with Crippen molar-refractivity contribution in [1.82, 2.24) is 5.32 Å². The molecule has 0 amide bonds. The van der Waals surface area contributed by atoms with Crippen molar-refractivity contribution >= 4 is 5.69 Å². The van der Waals surface area contributed by atoms with Crippen LogP contribution >= 0.6 is 0 Å². The molecule has 18 heavy (non-hydrogen) atoms. The molecule has 1 aromatic carbocycles. The van der Waals surface area contributed by atoms with Crippen molar-refractivity contribution in [3.63, 3.8) is 0 Å². The van der Waals surface area contributed by atoms with E-state index < -0.39 is 5.60 Å². The molecule has 0 aromatic heterocycles. The Morgan fingerprint density at radius 1 is 1.44 bits per heavy atom. The smallest absolute Gasteiger partial charge is 0.0972 e. The number of anilines is 1. The first kappa shape index (κ1) is 13.3. The van der Waals surface area contributed by atoms with Crippen LogP contribution in [0.3, 0.4) is 0 Å². The minimum atomic E-state index is -1.05. The number of nitrogens with one attached hydrogen (secondary N) is 2. The van der Waals surface area contributed by atoms with Crippen molar-refractivity contribution in [3.05, 3.63) is 29.3 Å². The van der Waals surface area contributed by atoms with Gasteiger partial charge in [-0.2, -0.15) is 0 Å². The van der Waals surface area contributed by atoms with Crippen molar-refractivity contribution in [3.8, 4) is 0 Å². The fourth-order valence-corrected chi connectivity index (χ4v) is 2.25. The van der Waals surface area contributed by atoms with Crippen molar-refractivity contribution in [2.24, 2.45) is 0 Å². The Morgan fingerprint density at radius 2 is 2.28 bits per heavy atom. The lowest BCUT2D eigenvalue weighted by Crippen LogP contribution is -2.40. The fourth-order valence-electron chi connectivity index (χ4n) is 2.25. The first-order valence-corrected chi connectivity index (χ1v) is 6.51. The molecule has 0 radical (unpaired) electrons. The lowest BCUT2D eigenvalue weighted by Gasteiger charge is -2.23. The second-order valence-corrected chi connectivity index (χ2v) is 5.24. The van der Waals surface area contributed by atoms with E-state index in [2.05, 4.69) is 28.8 Å². The number of fused-ring (bicyclic) bond motifs is 1. The SMILES string of the molecule is CC(O)(CO)CNCc1cccc2c1NCCC2. The fraction of sp³-hybridized carbons (Fsp3) is 0.571. The van der Waals surface area contributed by atoms with E-state index in [1.54, 1.807) is 6.92 Å². The van der Waals surface area contributed by atoms with E-state index in [0.29, 0.717) is 13.1 Å². The van der Waals surface area contributed by atoms with Gasteiger partial charge in [-0.3, -0.25) is 0 Å². The van der Waals surface area contributed by atoms with Crippen LogP contribution in [0, 0.1) is 0 Å². The van der Waals surface area contributed by atoms with Gasteiger partial charge in [-0.05, 0) is 30.9 Å². The number of aliphatic hydroxyl groups is 2. The maximum Gasteiger partial charge on any atom is 0.0972 e. The number of aryl methyl sites for hydroxylation is 1. The molecule has 4 nitrogen and oxygen atoms in total. The van der Waals surface area contributed by atoms with Gasteiger partial charge < -0.3 is 20.8 Å². The molecule has 0 spiro atoms. The van der Waals surface area contributed by atoms with Gasteiger partial charge in [0, 0.05) is 25.3 Å². The van der Waals surface area contributed by atoms with Gasteiger partial charge in [0.05, 0.1) is 12.2 Å². The molecule has 1 unspecified atom stereocenters. The van der Waals surface area contributed by atoms with Gasteiger partial charge in [-0.15, -0.1) is 0 Å². The molecule has 0 saturated carbocycles. The van der Waals surface area contributed by atoms with E-state index in [9.17, 15) is 5.11 Å². The topological polar surface area (TPSA) is 64.5 Å². The maximum atomic E-state index is 9.71. The molecule has 4 heteroatoms. The molecule has 2 rings (SSSR count). The zero-order valence-electron chi connectivity index (χ0n) is 10.9. The number of rotatable bonds is 5. The predicted molar refractivity (Wildman–Crippen MR) is 72.7 cm³/mol. The highest BCUT2D eigenvalue weighted by atomic mass is 16.3. The summed E-state index contributed by atoms with van der Waals surface area (Å²) in [6.45, 7) is 3.50. The van der Waals surface area contributed by atoms with Crippen molar-refractivity contribution in [2.45, 2.75) is 31.9 Å². The summed E-state index contributed by atoms with van der Waals surface area (Å²) in [5.41, 5.74) is 2.78. The summed E-state index contributed by atoms with van der Waals surface area (Å²) in [5.74, 6) is 0. The van der Waals surface area contributed by atoms with Gasteiger partial charge in [0.1, 0.15) is 0 Å². The van der Waals surface area contributed by atoms with Gasteiger partial charge in [0.25, 0.3) is 0 Å². The lowest BCUT2D eigenvalue weighted by molar-refractivity contribution is 0.00254. The Morgan fingerprint density at radius 3 is 3.06 bits per heavy atom. The van der Waals surface area contributed by atoms with Gasteiger partial charge >= 0.3 is 0 Å². The number of benzene rings is 1. The quantitative estimate of drug-likeness (QED) is 0.626. The van der Waals surface area contributed by atoms with E-state index in [1.807, 2.05) is 0 Å². The molecular formula is C14H22N2O2. The normalized spacial score (nSPS) is 17.7. The van der Waals surface area contributed by atoms with Gasteiger partial charge in [-0.25, -0.2) is 0 Å². The van der Waals surface area contributed by atoms with E-state index in [1.165, 1.54) is 23.2 Å². The van der Waals surface area contributed by atoms with E-state index in [-0.39, 0.29) is 6.61 Å². The average Bonchev–Trinajstić information content (AvgIpc) is 2.39. The summed E-state index contributed by atoms with van der Waals surface area (Å²) >= 11 is 0. The minimum Gasteiger partial charge on any atom is -0.393 e. The third-order valence-electron chi connectivity index (χ3n) is 3.32. The Balaban J connectivity index is 1.97. The summed E-state index contributed by atoms with van der Waals surface area (Å²) in [5, 5.41) is 25.3. The summed E-state index contributed by atoms with van der Waals surface area (Å²) in [4.78, 5) is 0. The predicted octanol–water partition coefficient (Wildman–Crippen LogP) is 0.878. The Kier molecular flexibility index (Phi) is 4.22. The van der Waals surface area contributed by atoms with Crippen molar-refractivity contribution < 1.29 is 10.2 Å². The molecule has 0 bridgehead atoms. The van der Waals surface area contributed by atoms with Gasteiger partial charge in [0.2, 0.25) is 0 Å². The lowest BCUT2D eigenvalue weighted by atomic mass is 9.99. The Labute approximate surface area is 108 Å². The number of aliphatic hydroxyl groups excluding tert-OH is 1. The molecule has 1 atom stereocenters. The first-order chi connectivity index (χ1) is 8.62. The molecule has 0 aliphatic carbocycles. The van der Waals surface area contributed by atoms with Crippen molar-refractivity contribution in [2.75, 3.05) is 25.0 Å². The van der Waals surface area contributed by atoms with Crippen LogP contribution in [0.4, 0.5) is 5.69 Å². The summed E-state index contributed by atoms with van der Waals surface area (Å²) in [7, 11) is 0. The molecule has 1 aliphatic heterocycles. The third-order valence-corrected chi connectivity index (χ3v) is 3.32. The van der Waals surface area contributed by atoms with Crippen LogP contribution in [0.1, 0.15) is 24.5 Å². The molecule has 1 aliphatic rings. The minimum absolute atomic E-state index is 0.231. The van der Waals surface area contributed by atoms with E-state index in [0.717, 1.165) is 13.0 Å². The highest BCUT2D eigenvalue weighted by Crippen LogP contribution is 2.25. The molecule has 1 heterocycles. The van der Waals surface area contributed by atoms with Gasteiger partial charge in [-0.1, -0.05) is 18.2 Å². The summed E-state index contributed by atoms with van der Waals surface area (Å²) < 4.78 is 0. The van der Waals surface area contributed by atoms with Crippen LogP contribution in [0.15, 0.2) is 18.2 Å². The first-order valence-electron chi connectivity index (χ1n) is 6.51. The van der Waals surface area contributed by atoms with Crippen LogP contribution in [-0.4, -0.2) is 35.5 Å². The molecular weight excluding hydrogens is 228 g/mol. The Bertz CT molecular complexity index is 405. The molecule has 4 N–H and O–H groups in total. The van der Waals surface area contributed by atoms with Crippen LogP contribution in [0.5, 0.6) is 0 Å². The second-order valence-electron chi connectivity index (χ2n) is 5.24. The third kappa shape index (κ3) is 3.22. The standard InChI is InChI=1S/C14H22N2O2/c1-14(18,10-17)9-15-8-12-5-2-4-11-6-3-7-16-13(11)12/h2,4-5,15-18H,3,6-10H2,1H3. The zero-order valence-corrected chi connectivity index (χ0v) is 10.9.